The average molecular weight is 261 g/mol. The molecule has 0 atom stereocenters. The highest BCUT2D eigenvalue weighted by molar-refractivity contribution is 14.1. The molecule has 2 nitrogen and oxygen atoms in total. The molecule has 0 radical (unpaired) electrons. The van der Waals surface area contributed by atoms with Gasteiger partial charge in [0.25, 0.3) is 0 Å². The van der Waals surface area contributed by atoms with Crippen LogP contribution in [0.4, 0.5) is 5.69 Å². The van der Waals surface area contributed by atoms with Gasteiger partial charge in [0.05, 0.1) is 0 Å². The van der Waals surface area contributed by atoms with E-state index in [1.54, 1.807) is 6.07 Å². The molecule has 1 aromatic rings. The molecule has 0 spiro atoms. The smallest absolute Gasteiger partial charge is 0.150 e. The third-order valence-corrected chi connectivity index (χ3v) is 2.65. The summed E-state index contributed by atoms with van der Waals surface area (Å²) >= 11 is 2.16. The number of hydrogen-bond donors (Lipinski definition) is 1. The van der Waals surface area contributed by atoms with Crippen LogP contribution in [-0.2, 0) is 0 Å². The predicted molar refractivity (Wildman–Crippen MR) is 53.7 cm³/mol. The van der Waals surface area contributed by atoms with Crippen molar-refractivity contribution >= 4 is 34.6 Å². The first-order valence-corrected chi connectivity index (χ1v) is 4.24. The van der Waals surface area contributed by atoms with Gasteiger partial charge in [-0.25, -0.2) is 0 Å². The largest absolute Gasteiger partial charge is 0.399 e. The van der Waals surface area contributed by atoms with Gasteiger partial charge in [-0.2, -0.15) is 0 Å². The van der Waals surface area contributed by atoms with Gasteiger partial charge in [-0.3, -0.25) is 4.79 Å². The summed E-state index contributed by atoms with van der Waals surface area (Å²) in [5.74, 6) is 0. The van der Waals surface area contributed by atoms with Crippen molar-refractivity contribution in [2.24, 2.45) is 0 Å². The van der Waals surface area contributed by atoms with Crippen LogP contribution in [-0.4, -0.2) is 6.29 Å². The number of rotatable bonds is 1. The van der Waals surface area contributed by atoms with Crippen LogP contribution < -0.4 is 5.73 Å². The summed E-state index contributed by atoms with van der Waals surface area (Å²) in [6.45, 7) is 1.91. The zero-order valence-corrected chi connectivity index (χ0v) is 8.25. The fourth-order valence-electron chi connectivity index (χ4n) is 0.844. The molecule has 0 aliphatic heterocycles. The molecule has 0 bridgehead atoms. The molecule has 0 heterocycles. The molecular weight excluding hydrogens is 253 g/mol. The maximum atomic E-state index is 10.5. The summed E-state index contributed by atoms with van der Waals surface area (Å²) in [6, 6.07) is 3.54. The van der Waals surface area contributed by atoms with Gasteiger partial charge in [-0.05, 0) is 47.2 Å². The lowest BCUT2D eigenvalue weighted by Crippen LogP contribution is -1.94. The summed E-state index contributed by atoms with van der Waals surface area (Å²) in [6.07, 6.45) is 0.827. The molecule has 0 fully saturated rings. The first-order valence-electron chi connectivity index (χ1n) is 3.16. The molecule has 0 aromatic heterocycles. The van der Waals surface area contributed by atoms with Gasteiger partial charge in [-0.15, -0.1) is 0 Å². The topological polar surface area (TPSA) is 43.1 Å². The van der Waals surface area contributed by atoms with E-state index in [0.29, 0.717) is 11.3 Å². The van der Waals surface area contributed by atoms with E-state index in [1.807, 2.05) is 13.0 Å². The second kappa shape index (κ2) is 3.21. The van der Waals surface area contributed by atoms with Crippen LogP contribution in [0.25, 0.3) is 0 Å². The minimum absolute atomic E-state index is 0.641. The van der Waals surface area contributed by atoms with Crippen molar-refractivity contribution in [2.45, 2.75) is 6.92 Å². The van der Waals surface area contributed by atoms with Gasteiger partial charge in [0.15, 0.2) is 0 Å². The lowest BCUT2D eigenvalue weighted by atomic mass is 10.1. The van der Waals surface area contributed by atoms with Gasteiger partial charge >= 0.3 is 0 Å². The predicted octanol–water partition coefficient (Wildman–Crippen LogP) is 1.99. The maximum Gasteiger partial charge on any atom is 0.150 e. The zero-order valence-electron chi connectivity index (χ0n) is 6.10. The van der Waals surface area contributed by atoms with E-state index in [9.17, 15) is 4.79 Å². The van der Waals surface area contributed by atoms with E-state index in [0.717, 1.165) is 15.4 Å². The number of halogens is 1. The van der Waals surface area contributed by atoms with Crippen molar-refractivity contribution < 1.29 is 4.79 Å². The summed E-state index contributed by atoms with van der Waals surface area (Å²) in [5.41, 5.74) is 7.85. The number of anilines is 1. The van der Waals surface area contributed by atoms with Crippen molar-refractivity contribution in [3.05, 3.63) is 26.8 Å². The highest BCUT2D eigenvalue weighted by Gasteiger charge is 2.01. The molecule has 11 heavy (non-hydrogen) atoms. The van der Waals surface area contributed by atoms with Crippen LogP contribution in [0.15, 0.2) is 12.1 Å². The highest BCUT2D eigenvalue weighted by atomic mass is 127. The Balaban J connectivity index is 3.35. The lowest BCUT2D eigenvalue weighted by Gasteiger charge is -2.02. The minimum Gasteiger partial charge on any atom is -0.399 e. The van der Waals surface area contributed by atoms with Crippen molar-refractivity contribution in [1.29, 1.82) is 0 Å². The molecule has 2 N–H and O–H groups in total. The van der Waals surface area contributed by atoms with E-state index in [2.05, 4.69) is 22.6 Å². The van der Waals surface area contributed by atoms with Crippen LogP contribution >= 0.6 is 22.6 Å². The molecular formula is C8H8INO. The average Bonchev–Trinajstić information content (AvgIpc) is 1.96. The quantitative estimate of drug-likeness (QED) is 0.477. The summed E-state index contributed by atoms with van der Waals surface area (Å²) in [5, 5.41) is 0. The Labute approximate surface area is 78.9 Å². The van der Waals surface area contributed by atoms with Crippen molar-refractivity contribution in [2.75, 3.05) is 5.73 Å². The summed E-state index contributed by atoms with van der Waals surface area (Å²) < 4.78 is 1.03. The number of benzene rings is 1. The van der Waals surface area contributed by atoms with E-state index in [4.69, 9.17) is 5.73 Å². The Morgan fingerprint density at radius 1 is 1.55 bits per heavy atom. The standard InChI is InChI=1S/C8H8INO/c1-5-6(4-11)2-7(10)3-8(5)9/h2-4H,10H2,1H3. The first kappa shape index (κ1) is 8.52. The number of nitrogen functional groups attached to an aromatic ring is 1. The SMILES string of the molecule is Cc1c(I)cc(N)cc1C=O. The Morgan fingerprint density at radius 3 is 2.73 bits per heavy atom. The molecule has 3 heteroatoms. The van der Waals surface area contributed by atoms with Crippen molar-refractivity contribution in [1.82, 2.24) is 0 Å². The summed E-state index contributed by atoms with van der Waals surface area (Å²) in [4.78, 5) is 10.5. The van der Waals surface area contributed by atoms with E-state index in [1.165, 1.54) is 0 Å². The molecule has 0 saturated carbocycles. The minimum atomic E-state index is 0.641. The first-order chi connectivity index (χ1) is 5.15. The normalized spacial score (nSPS) is 9.64. The van der Waals surface area contributed by atoms with E-state index >= 15 is 0 Å². The number of hydrogen-bond acceptors (Lipinski definition) is 2. The molecule has 0 amide bonds. The number of carbonyl (C=O) groups is 1. The van der Waals surface area contributed by atoms with Gasteiger partial charge in [0.1, 0.15) is 6.29 Å². The fourth-order valence-corrected chi connectivity index (χ4v) is 1.52. The summed E-state index contributed by atoms with van der Waals surface area (Å²) in [7, 11) is 0. The highest BCUT2D eigenvalue weighted by Crippen LogP contribution is 2.18. The fraction of sp³-hybridized carbons (Fsp3) is 0.125. The Morgan fingerprint density at radius 2 is 2.18 bits per heavy atom. The zero-order chi connectivity index (χ0) is 8.43. The van der Waals surface area contributed by atoms with Crippen LogP contribution in [0.5, 0.6) is 0 Å². The number of carbonyl (C=O) groups excluding carboxylic acids is 1. The van der Waals surface area contributed by atoms with Gasteiger partial charge in [-0.1, -0.05) is 0 Å². The van der Waals surface area contributed by atoms with Crippen LogP contribution in [0.3, 0.4) is 0 Å². The van der Waals surface area contributed by atoms with Gasteiger partial charge in [0, 0.05) is 14.8 Å². The second-order valence-electron chi connectivity index (χ2n) is 2.33. The molecule has 0 aliphatic carbocycles. The molecule has 1 aromatic carbocycles. The number of nitrogens with two attached hydrogens (primary N) is 1. The maximum absolute atomic E-state index is 10.5. The molecule has 0 aliphatic rings. The van der Waals surface area contributed by atoms with E-state index < -0.39 is 0 Å². The molecule has 58 valence electrons. The third kappa shape index (κ3) is 1.71. The van der Waals surface area contributed by atoms with Crippen LogP contribution in [0.2, 0.25) is 0 Å². The van der Waals surface area contributed by atoms with Crippen molar-refractivity contribution in [3.8, 4) is 0 Å². The molecule has 0 unspecified atom stereocenters. The monoisotopic (exact) mass is 261 g/mol. The molecule has 0 saturated heterocycles. The van der Waals surface area contributed by atoms with Gasteiger partial charge in [0.2, 0.25) is 0 Å². The van der Waals surface area contributed by atoms with Gasteiger partial charge < -0.3 is 5.73 Å². The van der Waals surface area contributed by atoms with Crippen LogP contribution in [0.1, 0.15) is 15.9 Å². The Kier molecular flexibility index (Phi) is 2.49. The molecule has 1 rings (SSSR count). The van der Waals surface area contributed by atoms with E-state index in [-0.39, 0.29) is 0 Å². The Bertz CT molecular complexity index is 296. The number of aldehydes is 1. The lowest BCUT2D eigenvalue weighted by molar-refractivity contribution is 0.112. The second-order valence-corrected chi connectivity index (χ2v) is 3.50. The third-order valence-electron chi connectivity index (χ3n) is 1.53. The van der Waals surface area contributed by atoms with Crippen molar-refractivity contribution in [3.63, 3.8) is 0 Å². The Hall–Kier alpha value is -0.580. The van der Waals surface area contributed by atoms with Crippen LogP contribution in [0, 0.1) is 10.5 Å².